The van der Waals surface area contributed by atoms with Crippen molar-refractivity contribution < 1.29 is 35.9 Å². The molecule has 0 N–H and O–H groups in total. The van der Waals surface area contributed by atoms with Crippen LogP contribution < -0.4 is 0 Å². The standard InChI is InChI=1S/C15H12F6N2O2/c1-3-25-13(24)12-4-8(2)23(22-12)11-6-9(14(16,17)18)5-10(7-11)15(19,20)21/h4-7H,3H2,1-2H3. The molecule has 0 aliphatic rings. The number of carbonyl (C=O) groups is 1. The van der Waals surface area contributed by atoms with Gasteiger partial charge >= 0.3 is 18.3 Å². The van der Waals surface area contributed by atoms with Crippen molar-refractivity contribution in [2.45, 2.75) is 26.2 Å². The maximum absolute atomic E-state index is 12.9. The Hall–Kier alpha value is -2.52. The molecule has 0 radical (unpaired) electrons. The van der Waals surface area contributed by atoms with Crippen LogP contribution in [0.15, 0.2) is 24.3 Å². The highest BCUT2D eigenvalue weighted by atomic mass is 19.4. The molecule has 1 heterocycles. The molecule has 0 fully saturated rings. The van der Waals surface area contributed by atoms with Gasteiger partial charge in [0.05, 0.1) is 23.4 Å². The molecule has 1 aromatic carbocycles. The molecule has 4 nitrogen and oxygen atoms in total. The highest BCUT2D eigenvalue weighted by molar-refractivity contribution is 5.87. The summed E-state index contributed by atoms with van der Waals surface area (Å²) in [5.41, 5.74) is -3.44. The lowest BCUT2D eigenvalue weighted by Crippen LogP contribution is -2.13. The lowest BCUT2D eigenvalue weighted by molar-refractivity contribution is -0.143. The first kappa shape index (κ1) is 18.8. The molecular weight excluding hydrogens is 354 g/mol. The molecule has 0 aliphatic carbocycles. The van der Waals surface area contributed by atoms with Gasteiger partial charge in [-0.3, -0.25) is 0 Å². The third-order valence-electron chi connectivity index (χ3n) is 3.19. The molecule has 2 rings (SSSR count). The van der Waals surface area contributed by atoms with Crippen LogP contribution in [-0.4, -0.2) is 22.4 Å². The van der Waals surface area contributed by atoms with E-state index >= 15 is 0 Å². The fourth-order valence-electron chi connectivity index (χ4n) is 2.10. The van der Waals surface area contributed by atoms with Crippen molar-refractivity contribution >= 4 is 5.97 Å². The Bertz CT molecular complexity index is 760. The third kappa shape index (κ3) is 4.12. The molecule has 0 aliphatic heterocycles. The number of ether oxygens (including phenoxy) is 1. The largest absolute Gasteiger partial charge is 0.461 e. The van der Waals surface area contributed by atoms with Crippen LogP contribution in [0.3, 0.4) is 0 Å². The fourth-order valence-corrected chi connectivity index (χ4v) is 2.10. The van der Waals surface area contributed by atoms with Crippen molar-refractivity contribution in [1.29, 1.82) is 0 Å². The molecule has 0 atom stereocenters. The summed E-state index contributed by atoms with van der Waals surface area (Å²) in [5.74, 6) is -0.827. The van der Waals surface area contributed by atoms with E-state index in [0.717, 1.165) is 4.68 Å². The second kappa shape index (κ2) is 6.41. The summed E-state index contributed by atoms with van der Waals surface area (Å²) in [4.78, 5) is 11.6. The zero-order valence-electron chi connectivity index (χ0n) is 13.0. The molecule has 0 amide bonds. The lowest BCUT2D eigenvalue weighted by atomic mass is 10.1. The van der Waals surface area contributed by atoms with Crippen molar-refractivity contribution in [2.75, 3.05) is 6.61 Å². The molecule has 0 saturated carbocycles. The van der Waals surface area contributed by atoms with E-state index in [1.165, 1.54) is 13.0 Å². The van der Waals surface area contributed by atoms with Gasteiger partial charge in [-0.1, -0.05) is 0 Å². The van der Waals surface area contributed by atoms with Crippen LogP contribution in [0.4, 0.5) is 26.3 Å². The first-order valence-corrected chi connectivity index (χ1v) is 6.97. The number of nitrogens with zero attached hydrogens (tertiary/aromatic N) is 2. The van der Waals surface area contributed by atoms with E-state index in [2.05, 4.69) is 5.10 Å². The molecular formula is C15H12F6N2O2. The molecule has 0 saturated heterocycles. The van der Waals surface area contributed by atoms with Gasteiger partial charge in [0.2, 0.25) is 0 Å². The lowest BCUT2D eigenvalue weighted by Gasteiger charge is -2.14. The number of carbonyl (C=O) groups excluding carboxylic acids is 1. The highest BCUT2D eigenvalue weighted by Crippen LogP contribution is 2.37. The first-order valence-electron chi connectivity index (χ1n) is 6.97. The minimum absolute atomic E-state index is 0.0224. The van der Waals surface area contributed by atoms with Crippen molar-refractivity contribution in [3.05, 3.63) is 46.8 Å². The molecule has 10 heteroatoms. The molecule has 0 unspecified atom stereocenters. The Labute approximate surface area is 138 Å². The predicted molar refractivity (Wildman–Crippen MR) is 74.3 cm³/mol. The van der Waals surface area contributed by atoms with Gasteiger partial charge in [0.15, 0.2) is 5.69 Å². The van der Waals surface area contributed by atoms with E-state index in [1.807, 2.05) is 0 Å². The number of aryl methyl sites for hydroxylation is 1. The summed E-state index contributed by atoms with van der Waals surface area (Å²) >= 11 is 0. The minimum atomic E-state index is -4.97. The van der Waals surface area contributed by atoms with Crippen LogP contribution >= 0.6 is 0 Å². The van der Waals surface area contributed by atoms with Crippen LogP contribution in [0, 0.1) is 6.92 Å². The van der Waals surface area contributed by atoms with Gasteiger partial charge in [-0.15, -0.1) is 0 Å². The minimum Gasteiger partial charge on any atom is -0.461 e. The van der Waals surface area contributed by atoms with E-state index in [0.29, 0.717) is 12.1 Å². The SMILES string of the molecule is CCOC(=O)c1cc(C)n(-c2cc(C(F)(F)F)cc(C(F)(F)F)c2)n1. The fraction of sp³-hybridized carbons (Fsp3) is 0.333. The third-order valence-corrected chi connectivity index (χ3v) is 3.19. The topological polar surface area (TPSA) is 44.1 Å². The van der Waals surface area contributed by atoms with Crippen LogP contribution in [0.5, 0.6) is 0 Å². The van der Waals surface area contributed by atoms with Gasteiger partial charge < -0.3 is 4.74 Å². The van der Waals surface area contributed by atoms with E-state index in [4.69, 9.17) is 4.74 Å². The number of halogens is 6. The second-order valence-electron chi connectivity index (χ2n) is 5.07. The normalized spacial score (nSPS) is 12.3. The van der Waals surface area contributed by atoms with Crippen molar-refractivity contribution in [2.24, 2.45) is 0 Å². The van der Waals surface area contributed by atoms with Crippen molar-refractivity contribution in [3.63, 3.8) is 0 Å². The summed E-state index contributed by atoms with van der Waals surface area (Å²) in [6.45, 7) is 2.99. The summed E-state index contributed by atoms with van der Waals surface area (Å²) in [6, 6.07) is 2.30. The van der Waals surface area contributed by atoms with Crippen LogP contribution in [0.2, 0.25) is 0 Å². The molecule has 0 bridgehead atoms. The Morgan fingerprint density at radius 3 is 2.00 bits per heavy atom. The number of esters is 1. The number of alkyl halides is 6. The summed E-state index contributed by atoms with van der Waals surface area (Å²) < 4.78 is 83.0. The van der Waals surface area contributed by atoms with Crippen LogP contribution in [0.1, 0.15) is 34.2 Å². The smallest absolute Gasteiger partial charge is 0.416 e. The Balaban J connectivity index is 2.61. The van der Waals surface area contributed by atoms with Crippen molar-refractivity contribution in [1.82, 2.24) is 9.78 Å². The van der Waals surface area contributed by atoms with Gasteiger partial charge in [-0.2, -0.15) is 31.4 Å². The number of aromatic nitrogens is 2. The van der Waals surface area contributed by atoms with Gasteiger partial charge in [0, 0.05) is 5.69 Å². The van der Waals surface area contributed by atoms with Crippen molar-refractivity contribution in [3.8, 4) is 5.69 Å². The Morgan fingerprint density at radius 2 is 1.56 bits per heavy atom. The van der Waals surface area contributed by atoms with Gasteiger partial charge in [0.25, 0.3) is 0 Å². The molecule has 136 valence electrons. The van der Waals surface area contributed by atoms with E-state index < -0.39 is 35.1 Å². The van der Waals surface area contributed by atoms with Crippen LogP contribution in [0.25, 0.3) is 5.69 Å². The van der Waals surface area contributed by atoms with E-state index in [1.54, 1.807) is 6.92 Å². The Morgan fingerprint density at radius 1 is 1.04 bits per heavy atom. The first-order chi connectivity index (χ1) is 11.4. The van der Waals surface area contributed by atoms with Gasteiger partial charge in [0.1, 0.15) is 0 Å². The second-order valence-corrected chi connectivity index (χ2v) is 5.07. The van der Waals surface area contributed by atoms with Gasteiger partial charge in [-0.25, -0.2) is 9.48 Å². The monoisotopic (exact) mass is 366 g/mol. The highest BCUT2D eigenvalue weighted by Gasteiger charge is 2.37. The predicted octanol–water partition coefficient (Wildman–Crippen LogP) is 4.40. The number of hydrogen-bond donors (Lipinski definition) is 0. The van der Waals surface area contributed by atoms with Gasteiger partial charge in [-0.05, 0) is 38.1 Å². The molecule has 2 aromatic rings. The molecule has 1 aromatic heterocycles. The summed E-state index contributed by atoms with van der Waals surface area (Å²) in [5, 5.41) is 3.75. The summed E-state index contributed by atoms with van der Waals surface area (Å²) in [6.07, 6.45) is -9.94. The molecule has 25 heavy (non-hydrogen) atoms. The summed E-state index contributed by atoms with van der Waals surface area (Å²) in [7, 11) is 0. The maximum atomic E-state index is 12.9. The van der Waals surface area contributed by atoms with Crippen LogP contribution in [-0.2, 0) is 17.1 Å². The van der Waals surface area contributed by atoms with E-state index in [-0.39, 0.29) is 24.1 Å². The Kier molecular flexibility index (Phi) is 4.83. The number of benzene rings is 1. The quantitative estimate of drug-likeness (QED) is 0.598. The number of rotatable bonds is 3. The maximum Gasteiger partial charge on any atom is 0.416 e. The average Bonchev–Trinajstić information content (AvgIpc) is 2.87. The number of hydrogen-bond acceptors (Lipinski definition) is 3. The zero-order chi connectivity index (χ0) is 19.0. The average molecular weight is 366 g/mol. The molecule has 0 spiro atoms. The van der Waals surface area contributed by atoms with E-state index in [9.17, 15) is 31.1 Å². The zero-order valence-corrected chi connectivity index (χ0v) is 13.0.